The molecule has 0 aliphatic carbocycles. The Balaban J connectivity index is 2.84. The smallest absolute Gasteiger partial charge is 0.147 e. The van der Waals surface area contributed by atoms with Gasteiger partial charge in [-0.3, -0.25) is 15.0 Å². The standard InChI is InChI=1S/C15H20N4/c1-4-9-16-13(3)15(18-10-5-2)19-12-14-8-6-7-11-17-14/h4-11H,12H2,1-3H3,(H,18,19)/b9-4-,10-5-,16-13?. The van der Waals surface area contributed by atoms with E-state index in [0.29, 0.717) is 6.54 Å². The van der Waals surface area contributed by atoms with Crippen molar-refractivity contribution >= 4 is 11.5 Å². The molecule has 1 aromatic heterocycles. The maximum Gasteiger partial charge on any atom is 0.147 e. The third kappa shape index (κ3) is 5.77. The van der Waals surface area contributed by atoms with Crippen LogP contribution in [-0.4, -0.2) is 16.5 Å². The number of hydrogen-bond acceptors (Lipinski definition) is 3. The van der Waals surface area contributed by atoms with Crippen molar-refractivity contribution in [2.75, 3.05) is 0 Å². The quantitative estimate of drug-likeness (QED) is 0.650. The van der Waals surface area contributed by atoms with Crippen LogP contribution in [0.2, 0.25) is 0 Å². The van der Waals surface area contributed by atoms with Gasteiger partial charge in [0.1, 0.15) is 5.84 Å². The molecule has 19 heavy (non-hydrogen) atoms. The highest BCUT2D eigenvalue weighted by atomic mass is 15.0. The normalized spacial score (nSPS) is 13.4. The number of allylic oxidation sites excluding steroid dienone is 2. The molecule has 0 saturated carbocycles. The van der Waals surface area contributed by atoms with Crippen LogP contribution in [-0.2, 0) is 6.54 Å². The lowest BCUT2D eigenvalue weighted by atomic mass is 10.3. The van der Waals surface area contributed by atoms with E-state index in [1.54, 1.807) is 12.4 Å². The molecule has 1 aromatic rings. The zero-order chi connectivity index (χ0) is 13.9. The minimum atomic E-state index is 0.531. The van der Waals surface area contributed by atoms with Gasteiger partial charge in [-0.2, -0.15) is 0 Å². The summed E-state index contributed by atoms with van der Waals surface area (Å²) in [6.07, 6.45) is 9.16. The highest BCUT2D eigenvalue weighted by Gasteiger charge is 2.01. The summed E-state index contributed by atoms with van der Waals surface area (Å²) in [7, 11) is 0. The summed E-state index contributed by atoms with van der Waals surface area (Å²) in [5.41, 5.74) is 1.77. The summed E-state index contributed by atoms with van der Waals surface area (Å²) in [4.78, 5) is 13.1. The van der Waals surface area contributed by atoms with Gasteiger partial charge in [0.15, 0.2) is 0 Å². The second kappa shape index (κ2) is 8.80. The van der Waals surface area contributed by atoms with E-state index in [4.69, 9.17) is 0 Å². The Morgan fingerprint density at radius 3 is 2.79 bits per heavy atom. The third-order valence-corrected chi connectivity index (χ3v) is 2.27. The first-order chi connectivity index (χ1) is 9.27. The van der Waals surface area contributed by atoms with Crippen LogP contribution < -0.4 is 5.32 Å². The first-order valence-corrected chi connectivity index (χ1v) is 6.26. The summed E-state index contributed by atoms with van der Waals surface area (Å²) in [6, 6.07) is 5.80. The van der Waals surface area contributed by atoms with Crippen molar-refractivity contribution in [3.63, 3.8) is 0 Å². The molecule has 0 spiro atoms. The molecule has 0 unspecified atom stereocenters. The van der Waals surface area contributed by atoms with Gasteiger partial charge in [-0.1, -0.05) is 18.2 Å². The lowest BCUT2D eigenvalue weighted by Crippen LogP contribution is -2.25. The van der Waals surface area contributed by atoms with Gasteiger partial charge in [-0.05, 0) is 39.1 Å². The largest absolute Gasteiger partial charge is 0.346 e. The van der Waals surface area contributed by atoms with E-state index in [1.807, 2.05) is 57.3 Å². The number of nitrogens with zero attached hydrogens (tertiary/aromatic N) is 3. The Kier molecular flexibility index (Phi) is 6.87. The van der Waals surface area contributed by atoms with Gasteiger partial charge in [0.05, 0.1) is 18.0 Å². The molecule has 1 heterocycles. The van der Waals surface area contributed by atoms with Crippen LogP contribution in [0.25, 0.3) is 0 Å². The van der Waals surface area contributed by atoms with Crippen molar-refractivity contribution in [2.45, 2.75) is 27.3 Å². The van der Waals surface area contributed by atoms with Crippen LogP contribution in [0.4, 0.5) is 0 Å². The summed E-state index contributed by atoms with van der Waals surface area (Å²) < 4.78 is 0. The lowest BCUT2D eigenvalue weighted by Gasteiger charge is -2.05. The zero-order valence-corrected chi connectivity index (χ0v) is 11.7. The molecule has 0 aliphatic heterocycles. The SMILES string of the molecule is C/C=C\N=C(C)C(=NCc1ccccn1)N/C=C\C. The number of hydrogen-bond donors (Lipinski definition) is 1. The molecule has 0 amide bonds. The fourth-order valence-electron chi connectivity index (χ4n) is 1.33. The highest BCUT2D eigenvalue weighted by Crippen LogP contribution is 1.97. The van der Waals surface area contributed by atoms with Crippen LogP contribution >= 0.6 is 0 Å². The highest BCUT2D eigenvalue weighted by molar-refractivity contribution is 6.40. The van der Waals surface area contributed by atoms with E-state index in [1.165, 1.54) is 0 Å². The molecule has 0 saturated heterocycles. The predicted octanol–water partition coefficient (Wildman–Crippen LogP) is 3.10. The first-order valence-electron chi connectivity index (χ1n) is 6.26. The van der Waals surface area contributed by atoms with Crippen molar-refractivity contribution in [2.24, 2.45) is 9.98 Å². The number of aromatic nitrogens is 1. The molecule has 1 N–H and O–H groups in total. The Hall–Kier alpha value is -2.23. The molecule has 4 nitrogen and oxygen atoms in total. The van der Waals surface area contributed by atoms with Crippen molar-refractivity contribution < 1.29 is 0 Å². The molecule has 4 heteroatoms. The van der Waals surface area contributed by atoms with Gasteiger partial charge < -0.3 is 5.32 Å². The van der Waals surface area contributed by atoms with E-state index in [2.05, 4.69) is 20.3 Å². The Morgan fingerprint density at radius 1 is 1.32 bits per heavy atom. The van der Waals surface area contributed by atoms with Gasteiger partial charge in [0.25, 0.3) is 0 Å². The lowest BCUT2D eigenvalue weighted by molar-refractivity contribution is 0.980. The first kappa shape index (κ1) is 14.8. The Labute approximate surface area is 114 Å². The van der Waals surface area contributed by atoms with Crippen molar-refractivity contribution in [1.82, 2.24) is 10.3 Å². The van der Waals surface area contributed by atoms with E-state index in [9.17, 15) is 0 Å². The number of pyridine rings is 1. The summed E-state index contributed by atoms with van der Waals surface area (Å²) >= 11 is 0. The molecule has 1 rings (SSSR count). The number of rotatable bonds is 5. The monoisotopic (exact) mass is 256 g/mol. The fraction of sp³-hybridized carbons (Fsp3) is 0.267. The summed E-state index contributed by atoms with van der Waals surface area (Å²) in [6.45, 7) is 6.33. The fourth-order valence-corrected chi connectivity index (χ4v) is 1.33. The van der Waals surface area contributed by atoms with E-state index in [-0.39, 0.29) is 0 Å². The molecule has 0 bridgehead atoms. The Bertz CT molecular complexity index is 484. The number of nitrogens with one attached hydrogen (secondary N) is 1. The van der Waals surface area contributed by atoms with Crippen molar-refractivity contribution in [1.29, 1.82) is 0 Å². The molecule has 100 valence electrons. The van der Waals surface area contributed by atoms with E-state index in [0.717, 1.165) is 17.2 Å². The average Bonchev–Trinajstić information content (AvgIpc) is 2.46. The number of amidine groups is 1. The van der Waals surface area contributed by atoms with Gasteiger partial charge in [-0.25, -0.2) is 0 Å². The minimum Gasteiger partial charge on any atom is -0.346 e. The molecule has 0 aromatic carbocycles. The van der Waals surface area contributed by atoms with Crippen LogP contribution in [0.1, 0.15) is 26.5 Å². The average molecular weight is 256 g/mol. The van der Waals surface area contributed by atoms with E-state index < -0.39 is 0 Å². The summed E-state index contributed by atoms with van der Waals surface area (Å²) in [5.74, 6) is 0.752. The second-order valence-corrected chi connectivity index (χ2v) is 3.83. The van der Waals surface area contributed by atoms with Crippen LogP contribution in [0.3, 0.4) is 0 Å². The van der Waals surface area contributed by atoms with Gasteiger partial charge in [0, 0.05) is 12.4 Å². The molecule has 0 atom stereocenters. The van der Waals surface area contributed by atoms with Gasteiger partial charge in [-0.15, -0.1) is 0 Å². The molecule has 0 aliphatic rings. The van der Waals surface area contributed by atoms with Gasteiger partial charge >= 0.3 is 0 Å². The maximum atomic E-state index is 4.51. The topological polar surface area (TPSA) is 49.6 Å². The number of aliphatic imine (C=N–C) groups is 2. The molecular formula is C15H20N4. The van der Waals surface area contributed by atoms with Crippen LogP contribution in [0.5, 0.6) is 0 Å². The maximum absolute atomic E-state index is 4.51. The minimum absolute atomic E-state index is 0.531. The Morgan fingerprint density at radius 2 is 2.16 bits per heavy atom. The van der Waals surface area contributed by atoms with Crippen LogP contribution in [0.15, 0.2) is 58.9 Å². The van der Waals surface area contributed by atoms with E-state index >= 15 is 0 Å². The zero-order valence-electron chi connectivity index (χ0n) is 11.7. The van der Waals surface area contributed by atoms with Crippen molar-refractivity contribution in [3.8, 4) is 0 Å². The van der Waals surface area contributed by atoms with Gasteiger partial charge in [0.2, 0.25) is 0 Å². The second-order valence-electron chi connectivity index (χ2n) is 3.83. The molecule has 0 fully saturated rings. The van der Waals surface area contributed by atoms with Crippen molar-refractivity contribution in [3.05, 3.63) is 54.6 Å². The molecular weight excluding hydrogens is 236 g/mol. The molecule has 0 radical (unpaired) electrons. The predicted molar refractivity (Wildman–Crippen MR) is 81.2 cm³/mol. The van der Waals surface area contributed by atoms with Crippen LogP contribution in [0, 0.1) is 0 Å². The summed E-state index contributed by atoms with van der Waals surface area (Å²) in [5, 5.41) is 3.13. The third-order valence-electron chi connectivity index (χ3n) is 2.27.